The number of ether oxygens (including phenoxy) is 2. The lowest BCUT2D eigenvalue weighted by atomic mass is 10.3. The van der Waals surface area contributed by atoms with Gasteiger partial charge in [-0.15, -0.1) is 0 Å². The number of methoxy groups -OCH3 is 1. The van der Waals surface area contributed by atoms with Gasteiger partial charge in [0.2, 0.25) is 0 Å². The standard InChI is InChI=1S/C14H21N3O2/c1-11(10-16-14-15-8-9-17(14)2)19-13-7-5-4-6-12(13)18-3/h4-7,11H,8-10H2,1-3H3,(H,15,16). The smallest absolute Gasteiger partial charge is 0.193 e. The van der Waals surface area contributed by atoms with Crippen LogP contribution in [0.1, 0.15) is 6.92 Å². The van der Waals surface area contributed by atoms with Crippen LogP contribution in [0.25, 0.3) is 0 Å². The minimum Gasteiger partial charge on any atom is -0.493 e. The maximum absolute atomic E-state index is 5.87. The van der Waals surface area contributed by atoms with Crippen molar-refractivity contribution < 1.29 is 9.47 Å². The molecule has 0 saturated heterocycles. The Morgan fingerprint density at radius 2 is 2.11 bits per heavy atom. The Morgan fingerprint density at radius 3 is 2.74 bits per heavy atom. The van der Waals surface area contributed by atoms with Crippen LogP contribution in [0.2, 0.25) is 0 Å². The van der Waals surface area contributed by atoms with E-state index in [0.29, 0.717) is 6.54 Å². The summed E-state index contributed by atoms with van der Waals surface area (Å²) < 4.78 is 11.1. The molecule has 1 atom stereocenters. The van der Waals surface area contributed by atoms with Gasteiger partial charge in [0, 0.05) is 13.6 Å². The third-order valence-electron chi connectivity index (χ3n) is 3.00. The summed E-state index contributed by atoms with van der Waals surface area (Å²) in [5.74, 6) is 2.46. The highest BCUT2D eigenvalue weighted by Crippen LogP contribution is 2.26. The first-order valence-corrected chi connectivity index (χ1v) is 6.50. The molecule has 1 aromatic rings. The van der Waals surface area contributed by atoms with Crippen molar-refractivity contribution in [2.24, 2.45) is 4.99 Å². The average Bonchev–Trinajstić information content (AvgIpc) is 2.82. The Kier molecular flexibility index (Phi) is 4.49. The van der Waals surface area contributed by atoms with E-state index in [0.717, 1.165) is 30.5 Å². The highest BCUT2D eigenvalue weighted by Gasteiger charge is 2.14. The summed E-state index contributed by atoms with van der Waals surface area (Å²) in [7, 11) is 3.68. The van der Waals surface area contributed by atoms with E-state index in [9.17, 15) is 0 Å². The molecule has 104 valence electrons. The van der Waals surface area contributed by atoms with Gasteiger partial charge in [-0.1, -0.05) is 12.1 Å². The quantitative estimate of drug-likeness (QED) is 0.871. The molecule has 1 N–H and O–H groups in total. The number of rotatable bonds is 5. The van der Waals surface area contributed by atoms with E-state index < -0.39 is 0 Å². The van der Waals surface area contributed by atoms with Gasteiger partial charge in [-0.25, -0.2) is 0 Å². The maximum Gasteiger partial charge on any atom is 0.193 e. The largest absolute Gasteiger partial charge is 0.493 e. The van der Waals surface area contributed by atoms with Crippen molar-refractivity contribution in [2.45, 2.75) is 13.0 Å². The van der Waals surface area contributed by atoms with Gasteiger partial charge in [-0.2, -0.15) is 0 Å². The monoisotopic (exact) mass is 263 g/mol. The van der Waals surface area contributed by atoms with Gasteiger partial charge < -0.3 is 19.7 Å². The van der Waals surface area contributed by atoms with Crippen LogP contribution in [0.15, 0.2) is 29.3 Å². The molecule has 5 heteroatoms. The number of benzene rings is 1. The summed E-state index contributed by atoms with van der Waals surface area (Å²) in [4.78, 5) is 6.49. The van der Waals surface area contributed by atoms with Gasteiger partial charge in [0.05, 0.1) is 20.2 Å². The number of nitrogens with one attached hydrogen (secondary N) is 1. The molecule has 0 aliphatic carbocycles. The number of para-hydroxylation sites is 2. The Morgan fingerprint density at radius 1 is 1.37 bits per heavy atom. The fraction of sp³-hybridized carbons (Fsp3) is 0.500. The fourth-order valence-corrected chi connectivity index (χ4v) is 1.93. The van der Waals surface area contributed by atoms with Crippen LogP contribution in [-0.2, 0) is 0 Å². The molecule has 1 aromatic carbocycles. The van der Waals surface area contributed by atoms with Crippen LogP contribution in [0.5, 0.6) is 11.5 Å². The molecule has 0 radical (unpaired) electrons. The zero-order chi connectivity index (χ0) is 13.7. The summed E-state index contributed by atoms with van der Waals surface area (Å²) in [5.41, 5.74) is 0. The molecule has 1 aliphatic heterocycles. The Hall–Kier alpha value is -1.91. The van der Waals surface area contributed by atoms with Gasteiger partial charge in [-0.3, -0.25) is 4.99 Å². The zero-order valence-corrected chi connectivity index (χ0v) is 11.7. The maximum atomic E-state index is 5.87. The molecule has 5 nitrogen and oxygen atoms in total. The predicted molar refractivity (Wildman–Crippen MR) is 76.0 cm³/mol. The number of aliphatic imine (C=N–C) groups is 1. The number of hydrogen-bond acceptors (Lipinski definition) is 5. The average molecular weight is 263 g/mol. The molecule has 2 rings (SSSR count). The Balaban J connectivity index is 1.85. The van der Waals surface area contributed by atoms with Crippen molar-refractivity contribution in [1.29, 1.82) is 0 Å². The molecule has 0 fully saturated rings. The molecule has 1 heterocycles. The van der Waals surface area contributed by atoms with Crippen molar-refractivity contribution in [3.05, 3.63) is 24.3 Å². The predicted octanol–water partition coefficient (Wildman–Crippen LogP) is 1.35. The lowest BCUT2D eigenvalue weighted by molar-refractivity contribution is 0.213. The third kappa shape index (κ3) is 3.53. The van der Waals surface area contributed by atoms with Gasteiger partial charge in [-0.05, 0) is 19.1 Å². The first-order chi connectivity index (χ1) is 9.20. The molecular formula is C14H21N3O2. The second-order valence-electron chi connectivity index (χ2n) is 4.59. The van der Waals surface area contributed by atoms with Crippen molar-refractivity contribution in [1.82, 2.24) is 10.2 Å². The van der Waals surface area contributed by atoms with E-state index in [-0.39, 0.29) is 6.10 Å². The third-order valence-corrected chi connectivity index (χ3v) is 3.00. The van der Waals surface area contributed by atoms with Crippen molar-refractivity contribution in [2.75, 3.05) is 33.8 Å². The zero-order valence-electron chi connectivity index (χ0n) is 11.7. The second kappa shape index (κ2) is 6.31. The first-order valence-electron chi connectivity index (χ1n) is 6.50. The van der Waals surface area contributed by atoms with Crippen molar-refractivity contribution in [3.63, 3.8) is 0 Å². The summed E-state index contributed by atoms with van der Waals surface area (Å²) in [5, 5.41) is 3.30. The van der Waals surface area contributed by atoms with Crippen LogP contribution < -0.4 is 14.8 Å². The lowest BCUT2D eigenvalue weighted by Crippen LogP contribution is -2.40. The minimum atomic E-state index is 0.0352. The van der Waals surface area contributed by atoms with Crippen LogP contribution >= 0.6 is 0 Å². The van der Waals surface area contributed by atoms with E-state index in [2.05, 4.69) is 15.2 Å². The second-order valence-corrected chi connectivity index (χ2v) is 4.59. The number of hydrogen-bond donors (Lipinski definition) is 1. The Labute approximate surface area is 114 Å². The summed E-state index contributed by atoms with van der Waals surface area (Å²) in [6, 6.07) is 7.67. The highest BCUT2D eigenvalue weighted by atomic mass is 16.5. The van der Waals surface area contributed by atoms with E-state index in [1.54, 1.807) is 7.11 Å². The first kappa shape index (κ1) is 13.5. The van der Waals surface area contributed by atoms with Crippen molar-refractivity contribution >= 4 is 5.96 Å². The van der Waals surface area contributed by atoms with E-state index in [1.807, 2.05) is 38.2 Å². The topological polar surface area (TPSA) is 46.1 Å². The molecule has 19 heavy (non-hydrogen) atoms. The molecule has 0 aromatic heterocycles. The SMILES string of the molecule is COc1ccccc1OC(C)CNC1=NCCN1C. The normalized spacial score (nSPS) is 15.9. The molecule has 1 unspecified atom stereocenters. The summed E-state index contributed by atoms with van der Waals surface area (Å²) >= 11 is 0. The van der Waals surface area contributed by atoms with Crippen LogP contribution in [0.4, 0.5) is 0 Å². The molecular weight excluding hydrogens is 242 g/mol. The van der Waals surface area contributed by atoms with Gasteiger partial charge in [0.15, 0.2) is 17.5 Å². The number of nitrogens with zero attached hydrogens (tertiary/aromatic N) is 2. The molecule has 0 bridgehead atoms. The lowest BCUT2D eigenvalue weighted by Gasteiger charge is -2.20. The van der Waals surface area contributed by atoms with E-state index >= 15 is 0 Å². The molecule has 0 amide bonds. The molecule has 0 spiro atoms. The highest BCUT2D eigenvalue weighted by molar-refractivity contribution is 5.81. The Bertz CT molecular complexity index is 448. The van der Waals surface area contributed by atoms with Crippen LogP contribution in [0, 0.1) is 0 Å². The van der Waals surface area contributed by atoms with E-state index in [1.165, 1.54) is 0 Å². The van der Waals surface area contributed by atoms with E-state index in [4.69, 9.17) is 9.47 Å². The number of guanidine groups is 1. The fourth-order valence-electron chi connectivity index (χ4n) is 1.93. The number of likely N-dealkylation sites (N-methyl/N-ethyl adjacent to an activating group) is 1. The molecule has 0 saturated carbocycles. The summed E-state index contributed by atoms with van der Waals surface area (Å²) in [6.45, 7) is 4.57. The van der Waals surface area contributed by atoms with Crippen LogP contribution in [0.3, 0.4) is 0 Å². The minimum absolute atomic E-state index is 0.0352. The van der Waals surface area contributed by atoms with Gasteiger partial charge >= 0.3 is 0 Å². The summed E-state index contributed by atoms with van der Waals surface area (Å²) in [6.07, 6.45) is 0.0352. The molecule has 1 aliphatic rings. The van der Waals surface area contributed by atoms with Gasteiger partial charge in [0.1, 0.15) is 6.10 Å². The van der Waals surface area contributed by atoms with Crippen molar-refractivity contribution in [3.8, 4) is 11.5 Å². The van der Waals surface area contributed by atoms with Gasteiger partial charge in [0.25, 0.3) is 0 Å². The van der Waals surface area contributed by atoms with Crippen LogP contribution in [-0.4, -0.2) is 50.8 Å².